The van der Waals surface area contributed by atoms with E-state index in [-0.39, 0.29) is 24.0 Å². The number of hydrogen-bond acceptors (Lipinski definition) is 3. The van der Waals surface area contributed by atoms with Crippen molar-refractivity contribution in [2.45, 2.75) is 52.5 Å². The molecule has 1 atom stereocenters. The van der Waals surface area contributed by atoms with Crippen molar-refractivity contribution in [1.29, 1.82) is 0 Å². The number of aryl methyl sites for hydroxylation is 1. The summed E-state index contributed by atoms with van der Waals surface area (Å²) in [6, 6.07) is 6.41. The van der Waals surface area contributed by atoms with Gasteiger partial charge in [0, 0.05) is 38.2 Å². The van der Waals surface area contributed by atoms with Crippen molar-refractivity contribution in [2.75, 3.05) is 33.4 Å². The number of halogens is 1. The van der Waals surface area contributed by atoms with Crippen LogP contribution >= 0.6 is 24.0 Å². The fraction of sp³-hybridized carbons (Fsp3) is 0.682. The summed E-state index contributed by atoms with van der Waals surface area (Å²) in [5.41, 5.74) is 2.78. The van der Waals surface area contributed by atoms with Crippen LogP contribution in [0.25, 0.3) is 0 Å². The van der Waals surface area contributed by atoms with Gasteiger partial charge in [0.2, 0.25) is 0 Å². The van der Waals surface area contributed by atoms with E-state index in [0.29, 0.717) is 17.9 Å². The Kier molecular flexibility index (Phi) is 9.34. The van der Waals surface area contributed by atoms with Gasteiger partial charge in [-0.1, -0.05) is 31.9 Å². The highest BCUT2D eigenvalue weighted by molar-refractivity contribution is 14.0. The highest BCUT2D eigenvalue weighted by Gasteiger charge is 2.28. The van der Waals surface area contributed by atoms with Crippen molar-refractivity contribution in [3.05, 3.63) is 29.3 Å². The smallest absolute Gasteiger partial charge is 0.191 e. The number of benzene rings is 1. The lowest BCUT2D eigenvalue weighted by molar-refractivity contribution is 0.166. The zero-order valence-electron chi connectivity index (χ0n) is 17.6. The molecule has 158 valence electrons. The van der Waals surface area contributed by atoms with Gasteiger partial charge in [-0.3, -0.25) is 4.99 Å². The molecule has 0 bridgehead atoms. The summed E-state index contributed by atoms with van der Waals surface area (Å²) < 4.78 is 11.6. The maximum atomic E-state index is 6.14. The Bertz CT molecular complexity index is 639. The van der Waals surface area contributed by atoms with E-state index in [0.717, 1.165) is 50.1 Å². The zero-order valence-corrected chi connectivity index (χ0v) is 19.9. The SMILES string of the molecule is CN=C(NCc1ccc(C)cc1OCC1CCOC1)NCC1(C)CCCC1.I. The molecule has 1 aromatic carbocycles. The lowest BCUT2D eigenvalue weighted by Gasteiger charge is -2.25. The average molecular weight is 501 g/mol. The summed E-state index contributed by atoms with van der Waals surface area (Å²) in [6.07, 6.45) is 6.39. The molecule has 2 aliphatic rings. The third-order valence-electron chi connectivity index (χ3n) is 5.88. The summed E-state index contributed by atoms with van der Waals surface area (Å²) >= 11 is 0. The molecule has 0 amide bonds. The topological polar surface area (TPSA) is 54.9 Å². The molecule has 1 aliphatic carbocycles. The summed E-state index contributed by atoms with van der Waals surface area (Å²) in [5.74, 6) is 2.33. The van der Waals surface area contributed by atoms with Gasteiger partial charge in [0.25, 0.3) is 0 Å². The molecule has 0 aromatic heterocycles. The van der Waals surface area contributed by atoms with Gasteiger partial charge in [0.1, 0.15) is 5.75 Å². The number of hydrogen-bond donors (Lipinski definition) is 2. The normalized spacial score (nSPS) is 21.2. The van der Waals surface area contributed by atoms with Crippen LogP contribution in [0.3, 0.4) is 0 Å². The van der Waals surface area contributed by atoms with Gasteiger partial charge in [0.05, 0.1) is 13.2 Å². The van der Waals surface area contributed by atoms with Crippen LogP contribution in [-0.2, 0) is 11.3 Å². The predicted molar refractivity (Wildman–Crippen MR) is 126 cm³/mol. The molecular formula is C22H36IN3O2. The molecule has 1 saturated heterocycles. The van der Waals surface area contributed by atoms with Gasteiger partial charge in [-0.05, 0) is 43.2 Å². The first-order valence-corrected chi connectivity index (χ1v) is 10.3. The van der Waals surface area contributed by atoms with Crippen LogP contribution in [0.2, 0.25) is 0 Å². The highest BCUT2D eigenvalue weighted by atomic mass is 127. The van der Waals surface area contributed by atoms with E-state index in [1.807, 2.05) is 7.05 Å². The molecule has 1 aromatic rings. The van der Waals surface area contributed by atoms with Gasteiger partial charge in [0.15, 0.2) is 5.96 Å². The van der Waals surface area contributed by atoms with Crippen LogP contribution < -0.4 is 15.4 Å². The Morgan fingerprint density at radius 1 is 1.29 bits per heavy atom. The average Bonchev–Trinajstić information content (AvgIpc) is 3.33. The van der Waals surface area contributed by atoms with Crippen LogP contribution in [-0.4, -0.2) is 39.4 Å². The number of guanidine groups is 1. The molecular weight excluding hydrogens is 465 g/mol. The van der Waals surface area contributed by atoms with Gasteiger partial charge in [-0.15, -0.1) is 24.0 Å². The van der Waals surface area contributed by atoms with Gasteiger partial charge in [-0.2, -0.15) is 0 Å². The molecule has 1 saturated carbocycles. The van der Waals surface area contributed by atoms with Crippen molar-refractivity contribution >= 4 is 29.9 Å². The van der Waals surface area contributed by atoms with Crippen LogP contribution in [0.15, 0.2) is 23.2 Å². The summed E-state index contributed by atoms with van der Waals surface area (Å²) in [6.45, 7) is 8.55. The van der Waals surface area contributed by atoms with Crippen LogP contribution in [0, 0.1) is 18.3 Å². The quantitative estimate of drug-likeness (QED) is 0.333. The minimum absolute atomic E-state index is 0. The number of nitrogens with zero attached hydrogens (tertiary/aromatic N) is 1. The largest absolute Gasteiger partial charge is 0.493 e. The summed E-state index contributed by atoms with van der Waals surface area (Å²) in [5, 5.41) is 6.96. The first kappa shape index (κ1) is 23.3. The van der Waals surface area contributed by atoms with E-state index in [1.54, 1.807) is 0 Å². The molecule has 1 aliphatic heterocycles. The monoisotopic (exact) mass is 501 g/mol. The van der Waals surface area contributed by atoms with Crippen LogP contribution in [0.5, 0.6) is 5.75 Å². The van der Waals surface area contributed by atoms with Crippen molar-refractivity contribution in [2.24, 2.45) is 16.3 Å². The Morgan fingerprint density at radius 3 is 2.75 bits per heavy atom. The Balaban J connectivity index is 0.00000280. The zero-order chi connectivity index (χ0) is 19.1. The number of ether oxygens (including phenoxy) is 2. The first-order chi connectivity index (χ1) is 13.1. The Hall–Kier alpha value is -1.02. The second-order valence-electron chi connectivity index (χ2n) is 8.45. The standard InChI is InChI=1S/C22H35N3O2.HI/c1-17-6-7-19(20(12-17)27-15-18-8-11-26-14-18)13-24-21(23-3)25-16-22(2)9-4-5-10-22;/h6-7,12,18H,4-5,8-11,13-16H2,1-3H3,(H2,23,24,25);1H. The van der Waals surface area contributed by atoms with Crippen molar-refractivity contribution in [1.82, 2.24) is 10.6 Å². The van der Waals surface area contributed by atoms with Crippen LogP contribution in [0.4, 0.5) is 0 Å². The minimum atomic E-state index is 0. The number of rotatable bonds is 7. The van der Waals surface area contributed by atoms with Crippen LogP contribution in [0.1, 0.15) is 50.2 Å². The second-order valence-corrected chi connectivity index (χ2v) is 8.45. The second kappa shape index (κ2) is 11.2. The Labute approximate surface area is 187 Å². The maximum Gasteiger partial charge on any atom is 0.191 e. The van der Waals surface area contributed by atoms with Gasteiger partial charge in [-0.25, -0.2) is 0 Å². The minimum Gasteiger partial charge on any atom is -0.493 e. The lowest BCUT2D eigenvalue weighted by Crippen LogP contribution is -2.41. The van der Waals surface area contributed by atoms with E-state index in [2.05, 4.69) is 47.7 Å². The van der Waals surface area contributed by atoms with E-state index < -0.39 is 0 Å². The fourth-order valence-corrected chi connectivity index (χ4v) is 3.97. The van der Waals surface area contributed by atoms with E-state index in [1.165, 1.54) is 31.2 Å². The van der Waals surface area contributed by atoms with Crippen molar-refractivity contribution < 1.29 is 9.47 Å². The summed E-state index contributed by atoms with van der Waals surface area (Å²) in [7, 11) is 1.83. The lowest BCUT2D eigenvalue weighted by atomic mass is 9.89. The van der Waals surface area contributed by atoms with Gasteiger partial charge >= 0.3 is 0 Å². The molecule has 5 nitrogen and oxygen atoms in total. The molecule has 6 heteroatoms. The van der Waals surface area contributed by atoms with Crippen molar-refractivity contribution in [3.8, 4) is 5.75 Å². The molecule has 0 spiro atoms. The molecule has 2 N–H and O–H groups in total. The Morgan fingerprint density at radius 2 is 2.07 bits per heavy atom. The molecule has 28 heavy (non-hydrogen) atoms. The first-order valence-electron chi connectivity index (χ1n) is 10.3. The number of aliphatic imine (C=N–C) groups is 1. The fourth-order valence-electron chi connectivity index (χ4n) is 3.97. The van der Waals surface area contributed by atoms with Crippen molar-refractivity contribution in [3.63, 3.8) is 0 Å². The van der Waals surface area contributed by atoms with E-state index in [4.69, 9.17) is 9.47 Å². The third-order valence-corrected chi connectivity index (χ3v) is 5.88. The number of nitrogens with one attached hydrogen (secondary N) is 2. The third kappa shape index (κ3) is 6.79. The molecule has 1 heterocycles. The van der Waals surface area contributed by atoms with E-state index in [9.17, 15) is 0 Å². The molecule has 2 fully saturated rings. The molecule has 1 unspecified atom stereocenters. The van der Waals surface area contributed by atoms with Gasteiger partial charge < -0.3 is 20.1 Å². The van der Waals surface area contributed by atoms with E-state index >= 15 is 0 Å². The molecule has 0 radical (unpaired) electrons. The predicted octanol–water partition coefficient (Wildman–Crippen LogP) is 4.27. The highest BCUT2D eigenvalue weighted by Crippen LogP contribution is 2.36. The maximum absolute atomic E-state index is 6.14. The summed E-state index contributed by atoms with van der Waals surface area (Å²) in [4.78, 5) is 4.39. The molecule has 3 rings (SSSR count).